The van der Waals surface area contributed by atoms with Crippen LogP contribution in [0.25, 0.3) is 34.4 Å². The minimum absolute atomic E-state index is 0.627. The first-order chi connectivity index (χ1) is 16.1. The molecule has 0 amide bonds. The summed E-state index contributed by atoms with van der Waals surface area (Å²) in [5.41, 5.74) is 3.71. The van der Waals surface area contributed by atoms with E-state index in [2.05, 4.69) is 28.9 Å². The van der Waals surface area contributed by atoms with Crippen molar-refractivity contribution in [2.24, 2.45) is 0 Å². The highest BCUT2D eigenvalue weighted by molar-refractivity contribution is 5.90. The van der Waals surface area contributed by atoms with Crippen LogP contribution in [0.15, 0.2) is 48.7 Å². The molecular weight excluding hydrogens is 410 g/mol. The molecule has 0 spiro atoms. The maximum Gasteiger partial charge on any atom is 0.155 e. The Kier molecular flexibility index (Phi) is 5.69. The van der Waals surface area contributed by atoms with E-state index in [4.69, 9.17) is 19.9 Å². The van der Waals surface area contributed by atoms with E-state index in [0.29, 0.717) is 11.6 Å². The summed E-state index contributed by atoms with van der Waals surface area (Å²) in [5, 5.41) is 1.03. The Bertz CT molecular complexity index is 1320. The number of rotatable bonds is 5. The van der Waals surface area contributed by atoms with Gasteiger partial charge < -0.3 is 9.80 Å². The Morgan fingerprint density at radius 2 is 1.64 bits per heavy atom. The molecule has 7 nitrogen and oxygen atoms in total. The normalized spacial score (nSPS) is 13.8. The minimum Gasteiger partial charge on any atom is -0.362 e. The quantitative estimate of drug-likeness (QED) is 0.451. The first-order valence-corrected chi connectivity index (χ1v) is 11.3. The van der Waals surface area contributed by atoms with Gasteiger partial charge in [0.05, 0.1) is 16.9 Å². The molecule has 7 heteroatoms. The van der Waals surface area contributed by atoms with Crippen molar-refractivity contribution in [1.29, 1.82) is 0 Å². The summed E-state index contributed by atoms with van der Waals surface area (Å²) in [6.45, 7) is 4.09. The fourth-order valence-electron chi connectivity index (χ4n) is 4.15. The lowest BCUT2D eigenvalue weighted by molar-refractivity contribution is 0.923. The highest BCUT2D eigenvalue weighted by atomic mass is 15.2. The number of fused-ring (bicyclic) bond motifs is 1. The second-order valence-electron chi connectivity index (χ2n) is 8.48. The Hall–Kier alpha value is -3.87. The number of nitrogens with zero attached hydrogens (tertiary/aromatic N) is 7. The maximum absolute atomic E-state index is 4.84. The molecule has 3 aromatic heterocycles. The van der Waals surface area contributed by atoms with Gasteiger partial charge in [0.15, 0.2) is 11.6 Å². The zero-order valence-corrected chi connectivity index (χ0v) is 19.2. The Balaban J connectivity index is 1.57. The monoisotopic (exact) mass is 437 g/mol. The average molecular weight is 438 g/mol. The van der Waals surface area contributed by atoms with Gasteiger partial charge in [-0.3, -0.25) is 4.98 Å². The third-order valence-electron chi connectivity index (χ3n) is 5.82. The van der Waals surface area contributed by atoms with E-state index < -0.39 is 0 Å². The van der Waals surface area contributed by atoms with E-state index >= 15 is 0 Å². The summed E-state index contributed by atoms with van der Waals surface area (Å²) >= 11 is 0. The molecule has 1 aliphatic rings. The second-order valence-corrected chi connectivity index (χ2v) is 8.48. The van der Waals surface area contributed by atoms with Crippen molar-refractivity contribution < 1.29 is 0 Å². The number of aryl methyl sites for hydroxylation is 1. The number of hydrogen-bond donors (Lipinski definition) is 0. The Morgan fingerprint density at radius 3 is 2.39 bits per heavy atom. The van der Waals surface area contributed by atoms with Crippen LogP contribution in [0.5, 0.6) is 0 Å². The summed E-state index contributed by atoms with van der Waals surface area (Å²) < 4.78 is 0. The van der Waals surface area contributed by atoms with E-state index in [0.717, 1.165) is 52.6 Å². The zero-order valence-electron chi connectivity index (χ0n) is 19.2. The van der Waals surface area contributed by atoms with Gasteiger partial charge in [0, 0.05) is 44.8 Å². The topological polar surface area (TPSA) is 70.9 Å². The fourth-order valence-corrected chi connectivity index (χ4v) is 4.15. The molecule has 4 heterocycles. The van der Waals surface area contributed by atoms with Crippen LogP contribution in [-0.2, 0) is 0 Å². The molecule has 5 rings (SSSR count). The molecule has 1 aliphatic heterocycles. The molecule has 0 atom stereocenters. The molecule has 1 aromatic carbocycles. The SMILES string of the molecule is Cc1cccnc1-c1cc(N2CCCC2)nc(/C=C/c2nc(N(C)C)c3ccccc3n2)n1. The zero-order chi connectivity index (χ0) is 22.8. The predicted octanol–water partition coefficient (Wildman–Crippen LogP) is 4.63. The minimum atomic E-state index is 0.627. The molecule has 0 radical (unpaired) electrons. The van der Waals surface area contributed by atoms with Crippen LogP contribution in [-0.4, -0.2) is 52.1 Å². The third kappa shape index (κ3) is 4.39. The van der Waals surface area contributed by atoms with Crippen LogP contribution in [0.2, 0.25) is 0 Å². The van der Waals surface area contributed by atoms with Crippen LogP contribution >= 0.6 is 0 Å². The highest BCUT2D eigenvalue weighted by Crippen LogP contribution is 2.26. The summed E-state index contributed by atoms with van der Waals surface area (Å²) in [5.74, 6) is 3.08. The van der Waals surface area contributed by atoms with Crippen molar-refractivity contribution in [2.45, 2.75) is 19.8 Å². The van der Waals surface area contributed by atoms with Crippen molar-refractivity contribution in [3.05, 3.63) is 65.9 Å². The third-order valence-corrected chi connectivity index (χ3v) is 5.82. The van der Waals surface area contributed by atoms with Gasteiger partial charge in [-0.25, -0.2) is 19.9 Å². The Morgan fingerprint density at radius 1 is 0.879 bits per heavy atom. The summed E-state index contributed by atoms with van der Waals surface area (Å²) in [7, 11) is 3.98. The number of hydrogen-bond acceptors (Lipinski definition) is 7. The molecule has 0 saturated carbocycles. The molecule has 1 saturated heterocycles. The van der Waals surface area contributed by atoms with Gasteiger partial charge >= 0.3 is 0 Å². The first kappa shape index (κ1) is 21.0. The van der Waals surface area contributed by atoms with Crippen molar-refractivity contribution in [1.82, 2.24) is 24.9 Å². The van der Waals surface area contributed by atoms with Crippen LogP contribution in [0, 0.1) is 6.92 Å². The summed E-state index contributed by atoms with van der Waals surface area (Å²) in [6, 6.07) is 14.1. The smallest absolute Gasteiger partial charge is 0.155 e. The van der Waals surface area contributed by atoms with E-state index in [-0.39, 0.29) is 0 Å². The van der Waals surface area contributed by atoms with Gasteiger partial charge in [-0.1, -0.05) is 18.2 Å². The fraction of sp³-hybridized carbons (Fsp3) is 0.269. The van der Waals surface area contributed by atoms with Gasteiger partial charge in [0.1, 0.15) is 11.6 Å². The number of para-hydroxylation sites is 1. The van der Waals surface area contributed by atoms with Crippen molar-refractivity contribution >= 4 is 34.7 Å². The van der Waals surface area contributed by atoms with Crippen LogP contribution < -0.4 is 9.80 Å². The lowest BCUT2D eigenvalue weighted by atomic mass is 10.1. The number of aromatic nitrogens is 5. The maximum atomic E-state index is 4.84. The number of pyridine rings is 1. The van der Waals surface area contributed by atoms with Crippen molar-refractivity contribution in [2.75, 3.05) is 37.0 Å². The second kappa shape index (κ2) is 8.94. The predicted molar refractivity (Wildman–Crippen MR) is 134 cm³/mol. The van der Waals surface area contributed by atoms with Gasteiger partial charge in [0.2, 0.25) is 0 Å². The lowest BCUT2D eigenvalue weighted by Crippen LogP contribution is -2.19. The highest BCUT2D eigenvalue weighted by Gasteiger charge is 2.17. The van der Waals surface area contributed by atoms with Gasteiger partial charge in [-0.15, -0.1) is 0 Å². The van der Waals surface area contributed by atoms with E-state index in [1.165, 1.54) is 12.8 Å². The lowest BCUT2D eigenvalue weighted by Gasteiger charge is -2.17. The van der Waals surface area contributed by atoms with Crippen LogP contribution in [0.1, 0.15) is 30.1 Å². The molecule has 4 aromatic rings. The van der Waals surface area contributed by atoms with Gasteiger partial charge in [-0.2, -0.15) is 0 Å². The molecule has 33 heavy (non-hydrogen) atoms. The van der Waals surface area contributed by atoms with Crippen LogP contribution in [0.3, 0.4) is 0 Å². The average Bonchev–Trinajstić information content (AvgIpc) is 3.37. The number of anilines is 2. The number of benzene rings is 1. The van der Waals surface area contributed by atoms with E-state index in [1.54, 1.807) is 6.20 Å². The van der Waals surface area contributed by atoms with Gasteiger partial charge in [0.25, 0.3) is 0 Å². The standard InChI is InChI=1S/C26H27N7/c1-18-9-8-14-27-25(18)21-17-24(33-15-6-7-16-33)30-22(29-21)12-13-23-28-20-11-5-4-10-19(20)26(31-23)32(2)3/h4-5,8-14,17H,6-7,15-16H2,1-3H3/b13-12+. The summed E-state index contributed by atoms with van der Waals surface area (Å²) in [4.78, 5) is 28.0. The Labute approximate surface area is 193 Å². The van der Waals surface area contributed by atoms with E-state index in [9.17, 15) is 0 Å². The molecule has 0 aliphatic carbocycles. The molecule has 1 fully saturated rings. The molecule has 0 unspecified atom stereocenters. The van der Waals surface area contributed by atoms with Crippen molar-refractivity contribution in [3.63, 3.8) is 0 Å². The molecular formula is C26H27N7. The molecule has 0 bridgehead atoms. The summed E-state index contributed by atoms with van der Waals surface area (Å²) in [6.07, 6.45) is 7.96. The van der Waals surface area contributed by atoms with Crippen LogP contribution in [0.4, 0.5) is 11.6 Å². The van der Waals surface area contributed by atoms with E-state index in [1.807, 2.05) is 61.5 Å². The molecule has 166 valence electrons. The first-order valence-electron chi connectivity index (χ1n) is 11.3. The molecule has 0 N–H and O–H groups in total. The van der Waals surface area contributed by atoms with Gasteiger partial charge in [-0.05, 0) is 55.7 Å². The van der Waals surface area contributed by atoms with Crippen molar-refractivity contribution in [3.8, 4) is 11.4 Å². The largest absolute Gasteiger partial charge is 0.362 e.